The van der Waals surface area contributed by atoms with Gasteiger partial charge >= 0.3 is 6.18 Å². The minimum absolute atomic E-state index is 0.0839. The molecule has 1 amide bonds. The second kappa shape index (κ2) is 7.24. The fraction of sp³-hybridized carbons (Fsp3) is 0.286. The topological polar surface area (TPSA) is 59.3 Å². The Kier molecular flexibility index (Phi) is 5.09. The average molecular weight is 400 g/mol. The van der Waals surface area contributed by atoms with E-state index in [1.54, 1.807) is 38.1 Å². The van der Waals surface area contributed by atoms with Crippen LogP contribution in [0.1, 0.15) is 41.9 Å². The first kappa shape index (κ1) is 20.4. The molecule has 1 unspecified atom stereocenters. The lowest BCUT2D eigenvalue weighted by Crippen LogP contribution is -2.44. The van der Waals surface area contributed by atoms with Gasteiger partial charge in [-0.1, -0.05) is 42.7 Å². The number of halogens is 3. The second-order valence-electron chi connectivity index (χ2n) is 6.97. The summed E-state index contributed by atoms with van der Waals surface area (Å²) in [4.78, 5) is 17.0. The number of alkyl halides is 3. The Labute approximate surface area is 166 Å². The van der Waals surface area contributed by atoms with Crippen LogP contribution in [-0.4, -0.2) is 26.0 Å². The SMILES string of the molecule is C#CC(C)(CC)NC(=O)c1cnn2c(C(F)(F)F)cc(-c3ccc(C)cc3)nc12. The number of rotatable bonds is 4. The van der Waals surface area contributed by atoms with Crippen molar-refractivity contribution in [3.05, 3.63) is 53.3 Å². The Morgan fingerprint density at radius 1 is 1.28 bits per heavy atom. The zero-order chi connectivity index (χ0) is 21.4. The maximum absolute atomic E-state index is 13.7. The number of nitrogens with one attached hydrogen (secondary N) is 1. The van der Waals surface area contributed by atoms with E-state index in [1.165, 1.54) is 0 Å². The average Bonchev–Trinajstić information content (AvgIpc) is 3.11. The number of hydrogen-bond donors (Lipinski definition) is 1. The van der Waals surface area contributed by atoms with Crippen LogP contribution in [0.5, 0.6) is 0 Å². The molecule has 1 aromatic carbocycles. The van der Waals surface area contributed by atoms with Crippen LogP contribution in [-0.2, 0) is 6.18 Å². The van der Waals surface area contributed by atoms with Crippen LogP contribution < -0.4 is 5.32 Å². The summed E-state index contributed by atoms with van der Waals surface area (Å²) in [7, 11) is 0. The van der Waals surface area contributed by atoms with Gasteiger partial charge in [-0.25, -0.2) is 9.50 Å². The van der Waals surface area contributed by atoms with Crippen LogP contribution in [0.25, 0.3) is 16.9 Å². The van der Waals surface area contributed by atoms with Crippen molar-refractivity contribution >= 4 is 11.6 Å². The van der Waals surface area contributed by atoms with Crippen molar-refractivity contribution < 1.29 is 18.0 Å². The molecular weight excluding hydrogens is 381 g/mol. The lowest BCUT2D eigenvalue weighted by molar-refractivity contribution is -0.142. The summed E-state index contributed by atoms with van der Waals surface area (Å²) in [6.45, 7) is 5.33. The number of carbonyl (C=O) groups is 1. The van der Waals surface area contributed by atoms with Crippen LogP contribution in [0.4, 0.5) is 13.2 Å². The molecule has 0 aliphatic rings. The van der Waals surface area contributed by atoms with Crippen molar-refractivity contribution in [2.45, 2.75) is 38.9 Å². The highest BCUT2D eigenvalue weighted by atomic mass is 19.4. The third kappa shape index (κ3) is 3.94. The Morgan fingerprint density at radius 2 is 1.93 bits per heavy atom. The molecule has 5 nitrogen and oxygen atoms in total. The minimum Gasteiger partial charge on any atom is -0.336 e. The molecule has 3 rings (SSSR count). The van der Waals surface area contributed by atoms with Crippen molar-refractivity contribution in [1.82, 2.24) is 19.9 Å². The van der Waals surface area contributed by atoms with Gasteiger partial charge in [0.1, 0.15) is 5.56 Å². The van der Waals surface area contributed by atoms with Gasteiger partial charge < -0.3 is 5.32 Å². The fourth-order valence-electron chi connectivity index (χ4n) is 2.74. The second-order valence-corrected chi connectivity index (χ2v) is 6.97. The first-order chi connectivity index (χ1) is 13.6. The lowest BCUT2D eigenvalue weighted by Gasteiger charge is -2.23. The molecule has 1 atom stereocenters. The van der Waals surface area contributed by atoms with Gasteiger partial charge in [0.15, 0.2) is 11.3 Å². The zero-order valence-electron chi connectivity index (χ0n) is 16.1. The summed E-state index contributed by atoms with van der Waals surface area (Å²) in [5.74, 6) is 1.85. The summed E-state index contributed by atoms with van der Waals surface area (Å²) in [5.41, 5.74) is -0.682. The molecule has 0 saturated heterocycles. The predicted molar refractivity (Wildman–Crippen MR) is 103 cm³/mol. The van der Waals surface area contributed by atoms with Gasteiger partial charge in [0.2, 0.25) is 0 Å². The van der Waals surface area contributed by atoms with E-state index in [0.29, 0.717) is 16.5 Å². The summed E-state index contributed by atoms with van der Waals surface area (Å²) in [6, 6.07) is 7.83. The fourth-order valence-corrected chi connectivity index (χ4v) is 2.74. The molecule has 0 aliphatic heterocycles. The Morgan fingerprint density at radius 3 is 2.48 bits per heavy atom. The van der Waals surface area contributed by atoms with E-state index in [0.717, 1.165) is 17.8 Å². The van der Waals surface area contributed by atoms with Gasteiger partial charge in [-0.3, -0.25) is 4.79 Å². The van der Waals surface area contributed by atoms with Crippen molar-refractivity contribution in [3.8, 4) is 23.6 Å². The maximum Gasteiger partial charge on any atom is 0.433 e. The monoisotopic (exact) mass is 400 g/mol. The van der Waals surface area contributed by atoms with Gasteiger partial charge in [-0.15, -0.1) is 6.42 Å². The van der Waals surface area contributed by atoms with Crippen molar-refractivity contribution in [2.75, 3.05) is 0 Å². The first-order valence-corrected chi connectivity index (χ1v) is 8.91. The summed E-state index contributed by atoms with van der Waals surface area (Å²) < 4.78 is 41.6. The molecule has 29 heavy (non-hydrogen) atoms. The molecule has 0 spiro atoms. The minimum atomic E-state index is -4.68. The maximum atomic E-state index is 13.7. The highest BCUT2D eigenvalue weighted by Crippen LogP contribution is 2.32. The summed E-state index contributed by atoms with van der Waals surface area (Å²) >= 11 is 0. The van der Waals surface area contributed by atoms with E-state index in [4.69, 9.17) is 6.42 Å². The molecule has 2 heterocycles. The highest BCUT2D eigenvalue weighted by Gasteiger charge is 2.36. The van der Waals surface area contributed by atoms with Crippen LogP contribution in [0.3, 0.4) is 0 Å². The molecular formula is C21H19F3N4O. The van der Waals surface area contributed by atoms with Crippen LogP contribution >= 0.6 is 0 Å². The number of nitrogens with zero attached hydrogens (tertiary/aromatic N) is 3. The number of amides is 1. The van der Waals surface area contributed by atoms with Gasteiger partial charge in [-0.2, -0.15) is 18.3 Å². The van der Waals surface area contributed by atoms with Gasteiger partial charge in [0.05, 0.1) is 17.4 Å². The number of aromatic nitrogens is 3. The Balaban J connectivity index is 2.19. The Bertz CT molecular complexity index is 1110. The van der Waals surface area contributed by atoms with E-state index in [1.807, 2.05) is 6.92 Å². The third-order valence-electron chi connectivity index (χ3n) is 4.77. The van der Waals surface area contributed by atoms with Gasteiger partial charge in [0.25, 0.3) is 5.91 Å². The number of carbonyl (C=O) groups excluding carboxylic acids is 1. The molecule has 0 bridgehead atoms. The highest BCUT2D eigenvalue weighted by molar-refractivity contribution is 6.00. The van der Waals surface area contributed by atoms with Gasteiger partial charge in [-0.05, 0) is 26.3 Å². The number of terminal acetylenes is 1. The zero-order valence-corrected chi connectivity index (χ0v) is 16.1. The predicted octanol–water partition coefficient (Wildman–Crippen LogP) is 4.26. The van der Waals surface area contributed by atoms with Crippen LogP contribution in [0.15, 0.2) is 36.5 Å². The standard InChI is InChI=1S/C21H19F3N4O/c1-5-20(4,6-2)27-19(29)15-12-25-28-17(21(22,23)24)11-16(26-18(15)28)14-9-7-13(3)8-10-14/h1,7-12H,6H2,2-4H3,(H,27,29). The quantitative estimate of drug-likeness (QED) is 0.666. The van der Waals surface area contributed by atoms with E-state index in [2.05, 4.69) is 21.3 Å². The molecule has 0 saturated carbocycles. The number of fused-ring (bicyclic) bond motifs is 1. The molecule has 0 fully saturated rings. The molecule has 1 N–H and O–H groups in total. The smallest absolute Gasteiger partial charge is 0.336 e. The molecule has 3 aromatic rings. The first-order valence-electron chi connectivity index (χ1n) is 8.91. The lowest BCUT2D eigenvalue weighted by atomic mass is 10.00. The van der Waals surface area contributed by atoms with Crippen molar-refractivity contribution in [2.24, 2.45) is 0 Å². The normalized spacial score (nSPS) is 13.7. The molecule has 2 aromatic heterocycles. The Hall–Kier alpha value is -3.34. The molecule has 0 aliphatic carbocycles. The summed E-state index contributed by atoms with van der Waals surface area (Å²) in [6.07, 6.45) is 2.31. The van der Waals surface area contributed by atoms with E-state index in [9.17, 15) is 18.0 Å². The number of aryl methyl sites for hydroxylation is 1. The summed E-state index contributed by atoms with van der Waals surface area (Å²) in [5, 5.41) is 6.42. The van der Waals surface area contributed by atoms with E-state index >= 15 is 0 Å². The van der Waals surface area contributed by atoms with Crippen LogP contribution in [0.2, 0.25) is 0 Å². The van der Waals surface area contributed by atoms with E-state index < -0.39 is 23.3 Å². The third-order valence-corrected chi connectivity index (χ3v) is 4.77. The number of benzene rings is 1. The molecule has 0 radical (unpaired) electrons. The molecule has 150 valence electrons. The largest absolute Gasteiger partial charge is 0.433 e. The van der Waals surface area contributed by atoms with Gasteiger partial charge in [0, 0.05) is 5.56 Å². The van der Waals surface area contributed by atoms with Crippen molar-refractivity contribution in [1.29, 1.82) is 0 Å². The van der Waals surface area contributed by atoms with Crippen LogP contribution in [0, 0.1) is 19.3 Å². The number of hydrogen-bond acceptors (Lipinski definition) is 3. The van der Waals surface area contributed by atoms with Crippen molar-refractivity contribution in [3.63, 3.8) is 0 Å². The van der Waals surface area contributed by atoms with E-state index in [-0.39, 0.29) is 16.9 Å². The molecule has 8 heteroatoms.